The first-order valence-corrected chi connectivity index (χ1v) is 12.3. The highest BCUT2D eigenvalue weighted by atomic mass is 16.5. The van der Waals surface area contributed by atoms with Crippen molar-refractivity contribution in [1.82, 2.24) is 25.3 Å². The number of aromatic nitrogens is 4. The molecule has 3 fully saturated rings. The van der Waals surface area contributed by atoms with Crippen molar-refractivity contribution in [3.05, 3.63) is 29.3 Å². The number of amides is 2. The zero-order chi connectivity index (χ0) is 25.3. The molecule has 2 saturated carbocycles. The van der Waals surface area contributed by atoms with Gasteiger partial charge in [-0.2, -0.15) is 20.2 Å². The van der Waals surface area contributed by atoms with Gasteiger partial charge in [0.2, 0.25) is 11.8 Å². The maximum atomic E-state index is 12.8. The molecule has 0 aromatic carbocycles. The first-order valence-electron chi connectivity index (χ1n) is 12.3. The van der Waals surface area contributed by atoms with E-state index in [9.17, 15) is 14.9 Å². The molecular formula is C24H29N9O3. The molecule has 0 atom stereocenters. The third kappa shape index (κ3) is 5.00. The Balaban J connectivity index is 1.31. The molecular weight excluding hydrogens is 462 g/mol. The molecule has 2 aliphatic carbocycles. The Labute approximate surface area is 208 Å². The van der Waals surface area contributed by atoms with E-state index in [1.165, 1.54) is 0 Å². The maximum Gasteiger partial charge on any atom is 0.322 e. The van der Waals surface area contributed by atoms with E-state index in [0.717, 1.165) is 50.6 Å². The molecule has 36 heavy (non-hydrogen) atoms. The van der Waals surface area contributed by atoms with E-state index in [2.05, 4.69) is 31.3 Å². The summed E-state index contributed by atoms with van der Waals surface area (Å²) in [4.78, 5) is 44.0. The smallest absolute Gasteiger partial charge is 0.322 e. The molecule has 0 radical (unpaired) electrons. The van der Waals surface area contributed by atoms with Gasteiger partial charge < -0.3 is 26.4 Å². The Kier molecular flexibility index (Phi) is 6.30. The normalized spacial score (nSPS) is 19.1. The van der Waals surface area contributed by atoms with Crippen LogP contribution >= 0.6 is 0 Å². The number of nitrogens with one attached hydrogen (secondary N) is 1. The van der Waals surface area contributed by atoms with Gasteiger partial charge in [-0.25, -0.2) is 4.98 Å². The number of piperidine rings is 1. The van der Waals surface area contributed by atoms with Gasteiger partial charge in [-0.15, -0.1) is 0 Å². The second kappa shape index (κ2) is 9.56. The average Bonchev–Trinajstić information content (AvgIpc) is 3.65. The number of primary amides is 1. The summed E-state index contributed by atoms with van der Waals surface area (Å²) in [5, 5.41) is 12.3. The molecule has 2 aromatic rings. The summed E-state index contributed by atoms with van der Waals surface area (Å²) < 4.78 is 5.77. The van der Waals surface area contributed by atoms with Crippen molar-refractivity contribution in [1.29, 1.82) is 5.26 Å². The number of rotatable bonds is 8. The van der Waals surface area contributed by atoms with Crippen LogP contribution in [0.4, 0.5) is 11.6 Å². The van der Waals surface area contributed by atoms with Crippen LogP contribution in [-0.4, -0.2) is 57.5 Å². The van der Waals surface area contributed by atoms with Crippen molar-refractivity contribution in [3.8, 4) is 12.1 Å². The van der Waals surface area contributed by atoms with Gasteiger partial charge in [-0.1, -0.05) is 0 Å². The largest absolute Gasteiger partial charge is 0.462 e. The zero-order valence-corrected chi connectivity index (χ0v) is 19.9. The molecule has 2 aromatic heterocycles. The fourth-order valence-corrected chi connectivity index (χ4v) is 4.38. The molecule has 0 spiro atoms. The summed E-state index contributed by atoms with van der Waals surface area (Å²) in [6.45, 7) is 1.40. The van der Waals surface area contributed by atoms with E-state index < -0.39 is 11.3 Å². The van der Waals surface area contributed by atoms with Gasteiger partial charge in [-0.05, 0) is 57.1 Å². The van der Waals surface area contributed by atoms with Crippen LogP contribution in [0.15, 0.2) is 12.1 Å². The first-order chi connectivity index (χ1) is 17.4. The van der Waals surface area contributed by atoms with Crippen molar-refractivity contribution in [2.24, 2.45) is 11.1 Å². The van der Waals surface area contributed by atoms with Crippen molar-refractivity contribution >= 4 is 23.5 Å². The van der Waals surface area contributed by atoms with E-state index in [0.29, 0.717) is 19.0 Å². The molecule has 0 bridgehead atoms. The maximum absolute atomic E-state index is 12.8. The number of ether oxygens (including phenoxy) is 1. The molecule has 1 aliphatic heterocycles. The van der Waals surface area contributed by atoms with Crippen LogP contribution in [0.2, 0.25) is 0 Å². The molecule has 5 rings (SSSR count). The number of nitrogen functional groups attached to an aromatic ring is 1. The van der Waals surface area contributed by atoms with Gasteiger partial charge in [0, 0.05) is 30.7 Å². The van der Waals surface area contributed by atoms with Crippen molar-refractivity contribution in [2.45, 2.75) is 56.9 Å². The van der Waals surface area contributed by atoms with Crippen LogP contribution in [0.5, 0.6) is 6.01 Å². The van der Waals surface area contributed by atoms with Crippen molar-refractivity contribution in [2.75, 3.05) is 30.3 Å². The number of carbonyl (C=O) groups is 2. The molecule has 5 N–H and O–H groups in total. The lowest BCUT2D eigenvalue weighted by atomic mass is 9.93. The minimum absolute atomic E-state index is 0.0112. The van der Waals surface area contributed by atoms with E-state index in [-0.39, 0.29) is 47.7 Å². The monoisotopic (exact) mass is 491 g/mol. The summed E-state index contributed by atoms with van der Waals surface area (Å²) >= 11 is 0. The van der Waals surface area contributed by atoms with E-state index in [1.807, 2.05) is 11.0 Å². The zero-order valence-electron chi connectivity index (χ0n) is 19.9. The van der Waals surface area contributed by atoms with Crippen LogP contribution in [0.3, 0.4) is 0 Å². The van der Waals surface area contributed by atoms with Gasteiger partial charge in [0.15, 0.2) is 5.69 Å². The molecule has 0 unspecified atom stereocenters. The number of nitrogens with two attached hydrogens (primary N) is 2. The fourth-order valence-electron chi connectivity index (χ4n) is 4.38. The number of hydrogen-bond acceptors (Lipinski definition) is 10. The standard InChI is InChI=1S/C24H29N9O3/c25-12-24(8-9-24)13-36-23-31-20(21(35)28-15-2-1-3-15)30-22(32-23)33-10-6-14(7-11-33)17-5-4-16(26)18(29-17)19(27)34/h4-5,14-15H,1-3,6-11,13,26H2,(H2,27,34)(H,28,35). The predicted molar refractivity (Wildman–Crippen MR) is 129 cm³/mol. The second-order valence-electron chi connectivity index (χ2n) is 9.82. The quantitative estimate of drug-likeness (QED) is 0.486. The summed E-state index contributed by atoms with van der Waals surface area (Å²) in [6.07, 6.45) is 6.01. The molecule has 2 amide bonds. The van der Waals surface area contributed by atoms with Crippen LogP contribution in [-0.2, 0) is 0 Å². The lowest BCUT2D eigenvalue weighted by Crippen LogP contribution is -2.41. The Morgan fingerprint density at radius 1 is 1.14 bits per heavy atom. The third-order valence-corrected chi connectivity index (χ3v) is 7.19. The number of nitriles is 1. The number of hydrogen-bond donors (Lipinski definition) is 3. The van der Waals surface area contributed by atoms with Gasteiger partial charge >= 0.3 is 6.01 Å². The Bertz CT molecular complexity index is 1210. The van der Waals surface area contributed by atoms with Crippen LogP contribution in [0.25, 0.3) is 0 Å². The molecule has 12 nitrogen and oxygen atoms in total. The lowest BCUT2D eigenvalue weighted by molar-refractivity contribution is 0.0903. The Morgan fingerprint density at radius 2 is 1.89 bits per heavy atom. The predicted octanol–water partition coefficient (Wildman–Crippen LogP) is 1.30. The number of carbonyl (C=O) groups excluding carboxylic acids is 2. The third-order valence-electron chi connectivity index (χ3n) is 7.19. The molecule has 3 aliphatic rings. The van der Waals surface area contributed by atoms with Gasteiger partial charge in [0.25, 0.3) is 11.8 Å². The number of pyridine rings is 1. The lowest BCUT2D eigenvalue weighted by Gasteiger charge is -2.32. The number of nitrogens with zero attached hydrogens (tertiary/aromatic N) is 6. The SMILES string of the molecule is N#CC1(COc2nc(C(=O)NC3CCC3)nc(N3CCC(c4ccc(N)c(C(N)=O)n4)CC3)n2)CC1. The highest BCUT2D eigenvalue weighted by Gasteiger charge is 2.44. The second-order valence-corrected chi connectivity index (χ2v) is 9.82. The first kappa shape index (κ1) is 23.7. The minimum Gasteiger partial charge on any atom is -0.462 e. The van der Waals surface area contributed by atoms with E-state index >= 15 is 0 Å². The van der Waals surface area contributed by atoms with E-state index in [1.54, 1.807) is 6.07 Å². The number of anilines is 2. The van der Waals surface area contributed by atoms with Gasteiger partial charge in [0.1, 0.15) is 6.61 Å². The summed E-state index contributed by atoms with van der Waals surface area (Å²) in [5.74, 6) is -0.514. The van der Waals surface area contributed by atoms with E-state index in [4.69, 9.17) is 16.2 Å². The Morgan fingerprint density at radius 3 is 2.50 bits per heavy atom. The summed E-state index contributed by atoms with van der Waals surface area (Å²) in [6, 6.07) is 5.96. The Hall–Kier alpha value is -4.01. The van der Waals surface area contributed by atoms with Gasteiger partial charge in [0.05, 0.1) is 17.2 Å². The van der Waals surface area contributed by atoms with Crippen LogP contribution in [0, 0.1) is 16.7 Å². The van der Waals surface area contributed by atoms with Crippen molar-refractivity contribution in [3.63, 3.8) is 0 Å². The van der Waals surface area contributed by atoms with Crippen LogP contribution in [0.1, 0.15) is 77.7 Å². The fraction of sp³-hybridized carbons (Fsp3) is 0.542. The van der Waals surface area contributed by atoms with Crippen LogP contribution < -0.4 is 26.4 Å². The topological polar surface area (TPSA) is 186 Å². The summed E-state index contributed by atoms with van der Waals surface area (Å²) in [7, 11) is 0. The molecule has 3 heterocycles. The highest BCUT2D eigenvalue weighted by Crippen LogP contribution is 2.44. The van der Waals surface area contributed by atoms with Crippen molar-refractivity contribution < 1.29 is 14.3 Å². The molecule has 1 saturated heterocycles. The molecule has 12 heteroatoms. The highest BCUT2D eigenvalue weighted by molar-refractivity contribution is 5.95. The van der Waals surface area contributed by atoms with Gasteiger partial charge in [-0.3, -0.25) is 9.59 Å². The summed E-state index contributed by atoms with van der Waals surface area (Å²) in [5.41, 5.74) is 11.8. The molecule has 188 valence electrons. The minimum atomic E-state index is -0.651. The average molecular weight is 492 g/mol.